The first-order valence-electron chi connectivity index (χ1n) is 6.45. The Morgan fingerprint density at radius 2 is 2.19 bits per heavy atom. The van der Waals surface area contributed by atoms with Crippen molar-refractivity contribution in [1.29, 1.82) is 0 Å². The lowest BCUT2D eigenvalue weighted by Crippen LogP contribution is -2.20. The van der Waals surface area contributed by atoms with Crippen LogP contribution >= 0.6 is 11.6 Å². The van der Waals surface area contributed by atoms with Crippen LogP contribution in [0.15, 0.2) is 36.8 Å². The van der Waals surface area contributed by atoms with Gasteiger partial charge in [0.15, 0.2) is 5.82 Å². The van der Waals surface area contributed by atoms with Gasteiger partial charge < -0.3 is 10.1 Å². The molecule has 2 rings (SSSR count). The van der Waals surface area contributed by atoms with Crippen LogP contribution in [-0.4, -0.2) is 22.6 Å². The van der Waals surface area contributed by atoms with Gasteiger partial charge in [-0.2, -0.15) is 0 Å². The highest BCUT2D eigenvalue weighted by Crippen LogP contribution is 2.28. The van der Waals surface area contributed by atoms with E-state index < -0.39 is 6.03 Å². The van der Waals surface area contributed by atoms with E-state index in [-0.39, 0.29) is 0 Å². The second-order valence-electron chi connectivity index (χ2n) is 4.16. The van der Waals surface area contributed by atoms with Crippen molar-refractivity contribution in [1.82, 2.24) is 9.97 Å². The van der Waals surface area contributed by atoms with Gasteiger partial charge in [-0.1, -0.05) is 18.5 Å². The molecule has 1 aromatic carbocycles. The Kier molecular flexibility index (Phi) is 5.34. The number of ether oxygens (including phenoxy) is 1. The Hall–Kier alpha value is -2.34. The highest BCUT2D eigenvalue weighted by atomic mass is 35.5. The first kappa shape index (κ1) is 15.1. The van der Waals surface area contributed by atoms with Crippen molar-refractivity contribution >= 4 is 29.1 Å². The Morgan fingerprint density at radius 3 is 2.90 bits per heavy atom. The summed E-state index contributed by atoms with van der Waals surface area (Å²) in [6, 6.07) is 4.61. The molecule has 0 aliphatic carbocycles. The molecule has 0 atom stereocenters. The maximum absolute atomic E-state index is 11.9. The third-order valence-corrected chi connectivity index (χ3v) is 2.69. The minimum absolute atomic E-state index is 0.355. The van der Waals surface area contributed by atoms with Gasteiger partial charge in [-0.15, -0.1) is 0 Å². The lowest BCUT2D eigenvalue weighted by molar-refractivity contribution is 0.261. The van der Waals surface area contributed by atoms with Crippen molar-refractivity contribution in [3.63, 3.8) is 0 Å². The first-order valence-corrected chi connectivity index (χ1v) is 6.83. The maximum atomic E-state index is 11.9. The average Bonchev–Trinajstić information content (AvgIpc) is 2.47. The summed E-state index contributed by atoms with van der Waals surface area (Å²) in [5.74, 6) is 0.920. The van der Waals surface area contributed by atoms with Gasteiger partial charge in [0, 0.05) is 17.4 Å². The summed E-state index contributed by atoms with van der Waals surface area (Å²) in [4.78, 5) is 19.8. The van der Waals surface area contributed by atoms with E-state index in [2.05, 4.69) is 20.6 Å². The number of hydrogen-bond acceptors (Lipinski definition) is 4. The number of halogens is 1. The zero-order valence-electron chi connectivity index (χ0n) is 11.5. The van der Waals surface area contributed by atoms with Crippen molar-refractivity contribution in [3.05, 3.63) is 41.8 Å². The average molecular weight is 307 g/mol. The maximum Gasteiger partial charge on any atom is 0.325 e. The van der Waals surface area contributed by atoms with Gasteiger partial charge in [0.2, 0.25) is 0 Å². The quantitative estimate of drug-likeness (QED) is 0.885. The zero-order valence-corrected chi connectivity index (χ0v) is 12.2. The Labute approximate surface area is 127 Å². The molecule has 0 aliphatic heterocycles. The van der Waals surface area contributed by atoms with Crippen molar-refractivity contribution in [2.24, 2.45) is 0 Å². The molecule has 0 radical (unpaired) electrons. The second kappa shape index (κ2) is 7.44. The fourth-order valence-corrected chi connectivity index (χ4v) is 1.74. The Morgan fingerprint density at radius 1 is 1.33 bits per heavy atom. The molecule has 110 valence electrons. The van der Waals surface area contributed by atoms with Crippen LogP contribution in [0.1, 0.15) is 13.3 Å². The molecule has 2 amide bonds. The van der Waals surface area contributed by atoms with Gasteiger partial charge >= 0.3 is 6.03 Å². The highest BCUT2D eigenvalue weighted by Gasteiger charge is 2.09. The lowest BCUT2D eigenvalue weighted by atomic mass is 10.3. The van der Waals surface area contributed by atoms with Crippen LogP contribution in [0.2, 0.25) is 5.02 Å². The summed E-state index contributed by atoms with van der Waals surface area (Å²) in [6.45, 7) is 2.56. The third kappa shape index (κ3) is 4.61. The minimum atomic E-state index is -0.445. The molecular formula is C14H15ClN4O2. The van der Waals surface area contributed by atoms with Crippen molar-refractivity contribution in [2.75, 3.05) is 17.2 Å². The van der Waals surface area contributed by atoms with E-state index in [0.717, 1.165) is 6.42 Å². The summed E-state index contributed by atoms with van der Waals surface area (Å²) < 4.78 is 5.56. The molecule has 6 nitrogen and oxygen atoms in total. The molecule has 2 aromatic rings. The predicted molar refractivity (Wildman–Crippen MR) is 81.9 cm³/mol. The van der Waals surface area contributed by atoms with Crippen LogP contribution in [0.3, 0.4) is 0 Å². The van der Waals surface area contributed by atoms with Gasteiger partial charge in [0.1, 0.15) is 5.75 Å². The number of nitrogens with one attached hydrogen (secondary N) is 2. The number of benzene rings is 1. The molecule has 1 heterocycles. The molecule has 1 aromatic heterocycles. The fraction of sp³-hybridized carbons (Fsp3) is 0.214. The van der Waals surface area contributed by atoms with E-state index >= 15 is 0 Å². The molecule has 0 unspecified atom stereocenters. The Bertz CT molecular complexity index is 607. The first-order chi connectivity index (χ1) is 10.2. The second-order valence-corrected chi connectivity index (χ2v) is 4.60. The molecule has 21 heavy (non-hydrogen) atoms. The third-order valence-electron chi connectivity index (χ3n) is 2.46. The van der Waals surface area contributed by atoms with E-state index in [1.54, 1.807) is 18.2 Å². The lowest BCUT2D eigenvalue weighted by Gasteiger charge is -2.12. The van der Waals surface area contributed by atoms with Crippen LogP contribution in [0.25, 0.3) is 0 Å². The number of carbonyl (C=O) groups is 1. The molecule has 7 heteroatoms. The topological polar surface area (TPSA) is 76.1 Å². The molecule has 0 bridgehead atoms. The summed E-state index contributed by atoms with van der Waals surface area (Å²) in [7, 11) is 0. The molecule has 2 N–H and O–H groups in total. The highest BCUT2D eigenvalue weighted by molar-refractivity contribution is 6.31. The van der Waals surface area contributed by atoms with E-state index in [1.807, 2.05) is 6.92 Å². The van der Waals surface area contributed by atoms with Crippen molar-refractivity contribution in [2.45, 2.75) is 13.3 Å². The molecule has 0 fully saturated rings. The molecule has 0 saturated heterocycles. The van der Waals surface area contributed by atoms with Crippen LogP contribution in [-0.2, 0) is 0 Å². The molecule has 0 spiro atoms. The SMILES string of the molecule is CCCOc1ccc(Cl)cc1NC(=O)Nc1cnccn1. The molecule has 0 aliphatic rings. The molecular weight excluding hydrogens is 292 g/mol. The van der Waals surface area contributed by atoms with E-state index in [4.69, 9.17) is 16.3 Å². The number of urea groups is 1. The normalized spacial score (nSPS) is 10.0. The number of amides is 2. The zero-order chi connectivity index (χ0) is 15.1. The largest absolute Gasteiger partial charge is 0.491 e. The summed E-state index contributed by atoms with van der Waals surface area (Å²) in [5.41, 5.74) is 0.498. The van der Waals surface area contributed by atoms with Crippen LogP contribution < -0.4 is 15.4 Å². The van der Waals surface area contributed by atoms with Gasteiger partial charge in [-0.05, 0) is 24.6 Å². The van der Waals surface area contributed by atoms with E-state index in [1.165, 1.54) is 18.6 Å². The number of hydrogen-bond donors (Lipinski definition) is 2. The van der Waals surface area contributed by atoms with Crippen LogP contribution in [0, 0.1) is 0 Å². The fourth-order valence-electron chi connectivity index (χ4n) is 1.57. The minimum Gasteiger partial charge on any atom is -0.491 e. The van der Waals surface area contributed by atoms with Gasteiger partial charge in [0.05, 0.1) is 18.5 Å². The van der Waals surface area contributed by atoms with E-state index in [0.29, 0.717) is 28.9 Å². The van der Waals surface area contributed by atoms with E-state index in [9.17, 15) is 4.79 Å². The monoisotopic (exact) mass is 306 g/mol. The summed E-state index contributed by atoms with van der Waals surface area (Å²) in [5, 5.41) is 5.76. The standard InChI is InChI=1S/C14H15ClN4O2/c1-2-7-21-12-4-3-10(15)8-11(12)18-14(20)19-13-9-16-5-6-17-13/h3-6,8-9H,2,7H2,1H3,(H2,17,18,19,20). The van der Waals surface area contributed by atoms with Crippen molar-refractivity contribution < 1.29 is 9.53 Å². The smallest absolute Gasteiger partial charge is 0.325 e. The molecule has 0 saturated carbocycles. The van der Waals surface area contributed by atoms with Gasteiger partial charge in [-0.25, -0.2) is 9.78 Å². The van der Waals surface area contributed by atoms with Gasteiger partial charge in [-0.3, -0.25) is 10.3 Å². The summed E-state index contributed by atoms with van der Waals surface area (Å²) in [6.07, 6.45) is 5.33. The van der Waals surface area contributed by atoms with Gasteiger partial charge in [0.25, 0.3) is 0 Å². The van der Waals surface area contributed by atoms with Crippen LogP contribution in [0.5, 0.6) is 5.75 Å². The van der Waals surface area contributed by atoms with Crippen molar-refractivity contribution in [3.8, 4) is 5.75 Å². The number of aromatic nitrogens is 2. The Balaban J connectivity index is 2.07. The number of nitrogens with zero attached hydrogens (tertiary/aromatic N) is 2. The summed E-state index contributed by atoms with van der Waals surface area (Å²) >= 11 is 5.94. The number of carbonyl (C=O) groups excluding carboxylic acids is 1. The predicted octanol–water partition coefficient (Wildman–Crippen LogP) is 3.56. The number of rotatable bonds is 5. The number of anilines is 2. The van der Waals surface area contributed by atoms with Crippen LogP contribution in [0.4, 0.5) is 16.3 Å².